The zero-order valence-corrected chi connectivity index (χ0v) is 14.4. The van der Waals surface area contributed by atoms with Crippen LogP contribution in [0.2, 0.25) is 0 Å². The monoisotopic (exact) mass is 384 g/mol. The molecule has 0 bridgehead atoms. The molecule has 1 saturated carbocycles. The second kappa shape index (κ2) is 7.58. The van der Waals surface area contributed by atoms with Gasteiger partial charge in [-0.2, -0.15) is 13.2 Å². The molecule has 0 unspecified atom stereocenters. The van der Waals surface area contributed by atoms with E-state index in [0.717, 1.165) is 12.8 Å². The van der Waals surface area contributed by atoms with Crippen molar-refractivity contribution in [1.29, 1.82) is 0 Å². The van der Waals surface area contributed by atoms with E-state index in [1.807, 2.05) is 0 Å². The van der Waals surface area contributed by atoms with E-state index in [1.165, 1.54) is 0 Å². The van der Waals surface area contributed by atoms with E-state index in [4.69, 9.17) is 4.74 Å². The Labute approximate surface area is 153 Å². The van der Waals surface area contributed by atoms with Crippen molar-refractivity contribution < 1.29 is 32.3 Å². The molecule has 1 aromatic carbocycles. The van der Waals surface area contributed by atoms with Crippen molar-refractivity contribution in [1.82, 2.24) is 10.2 Å². The summed E-state index contributed by atoms with van der Waals surface area (Å²) in [6.45, 7) is -1.77. The van der Waals surface area contributed by atoms with Crippen molar-refractivity contribution in [3.8, 4) is 0 Å². The molecule has 146 valence electrons. The topological polar surface area (TPSA) is 75.7 Å². The fraction of sp³-hybridized carbons (Fsp3) is 0.500. The van der Waals surface area contributed by atoms with Crippen LogP contribution in [0.3, 0.4) is 0 Å². The number of hydrogen-bond acceptors (Lipinski definition) is 4. The van der Waals surface area contributed by atoms with Gasteiger partial charge in [-0.25, -0.2) is 0 Å². The predicted octanol–water partition coefficient (Wildman–Crippen LogP) is 1.96. The number of carbonyl (C=O) groups excluding carboxylic acids is 3. The quantitative estimate of drug-likeness (QED) is 0.761. The number of nitrogens with zero attached hydrogens (tertiary/aromatic N) is 1. The Bertz CT molecular complexity index is 719. The van der Waals surface area contributed by atoms with Crippen LogP contribution in [0.15, 0.2) is 30.3 Å². The summed E-state index contributed by atoms with van der Waals surface area (Å²) in [6, 6.07) is 8.42. The maximum absolute atomic E-state index is 12.5. The van der Waals surface area contributed by atoms with Crippen LogP contribution < -0.4 is 5.32 Å². The van der Waals surface area contributed by atoms with E-state index < -0.39 is 42.5 Å². The van der Waals surface area contributed by atoms with Crippen molar-refractivity contribution in [2.24, 2.45) is 5.92 Å². The molecule has 1 heterocycles. The van der Waals surface area contributed by atoms with Gasteiger partial charge in [0.25, 0.3) is 5.91 Å². The first-order chi connectivity index (χ1) is 12.7. The zero-order chi connectivity index (χ0) is 19.6. The van der Waals surface area contributed by atoms with E-state index in [1.54, 1.807) is 30.3 Å². The van der Waals surface area contributed by atoms with Gasteiger partial charge in [-0.05, 0) is 12.8 Å². The molecule has 9 heteroatoms. The minimum atomic E-state index is -4.54. The highest BCUT2D eigenvalue weighted by molar-refractivity contribution is 5.89. The number of ether oxygens (including phenoxy) is 1. The minimum Gasteiger partial charge on any atom is -0.447 e. The fourth-order valence-corrected chi connectivity index (χ4v) is 2.92. The SMILES string of the molecule is O=C(O[C@@H](C(=O)NC1CC1)c1ccccc1)[C@@H]1CC(=O)N(CC(F)(F)F)C1. The third kappa shape index (κ3) is 5.21. The van der Waals surface area contributed by atoms with E-state index in [0.29, 0.717) is 10.5 Å². The molecule has 1 saturated heterocycles. The van der Waals surface area contributed by atoms with Crippen molar-refractivity contribution >= 4 is 17.8 Å². The van der Waals surface area contributed by atoms with Gasteiger partial charge in [0.15, 0.2) is 0 Å². The number of halogens is 3. The van der Waals surface area contributed by atoms with Crippen LogP contribution in [0.5, 0.6) is 0 Å². The third-order valence-corrected chi connectivity index (χ3v) is 4.42. The van der Waals surface area contributed by atoms with E-state index in [-0.39, 0.29) is 19.0 Å². The number of amides is 2. The molecule has 1 aliphatic carbocycles. The Morgan fingerprint density at radius 2 is 1.89 bits per heavy atom. The molecule has 0 spiro atoms. The first kappa shape index (κ1) is 19.2. The van der Waals surface area contributed by atoms with Crippen molar-refractivity contribution in [3.63, 3.8) is 0 Å². The summed E-state index contributed by atoms with van der Waals surface area (Å²) in [5, 5.41) is 2.75. The number of alkyl halides is 3. The highest BCUT2D eigenvalue weighted by atomic mass is 19.4. The number of benzene rings is 1. The van der Waals surface area contributed by atoms with Crippen molar-refractivity contribution in [3.05, 3.63) is 35.9 Å². The van der Waals surface area contributed by atoms with Crippen LogP contribution in [0.25, 0.3) is 0 Å². The first-order valence-corrected chi connectivity index (χ1v) is 8.63. The molecule has 1 aromatic rings. The lowest BCUT2D eigenvalue weighted by Crippen LogP contribution is -2.37. The number of esters is 1. The standard InChI is InChI=1S/C18H19F3N2O4/c19-18(20,21)10-23-9-12(8-14(23)24)17(26)27-15(11-4-2-1-3-5-11)16(25)22-13-6-7-13/h1-5,12-13,15H,6-10H2,(H,22,25)/t12-,15-/m1/s1. The second-order valence-electron chi connectivity index (χ2n) is 6.80. The van der Waals surface area contributed by atoms with Gasteiger partial charge in [-0.15, -0.1) is 0 Å². The predicted molar refractivity (Wildman–Crippen MR) is 87.2 cm³/mol. The van der Waals surface area contributed by atoms with Gasteiger partial charge < -0.3 is 15.0 Å². The molecule has 1 N–H and O–H groups in total. The molecule has 2 atom stereocenters. The number of carbonyl (C=O) groups is 3. The summed E-state index contributed by atoms with van der Waals surface area (Å²) in [4.78, 5) is 37.2. The Kier molecular flexibility index (Phi) is 5.38. The Hall–Kier alpha value is -2.58. The summed E-state index contributed by atoms with van der Waals surface area (Å²) < 4.78 is 42.9. The lowest BCUT2D eigenvalue weighted by atomic mass is 10.1. The van der Waals surface area contributed by atoms with Crippen LogP contribution in [-0.2, 0) is 19.1 Å². The molecule has 2 amide bonds. The molecule has 3 rings (SSSR count). The van der Waals surface area contributed by atoms with Crippen LogP contribution in [0.1, 0.15) is 30.9 Å². The molecular weight excluding hydrogens is 365 g/mol. The lowest BCUT2D eigenvalue weighted by Gasteiger charge is -2.21. The Balaban J connectivity index is 1.67. The average molecular weight is 384 g/mol. The highest BCUT2D eigenvalue weighted by Gasteiger charge is 2.42. The molecule has 0 radical (unpaired) electrons. The van der Waals surface area contributed by atoms with Gasteiger partial charge >= 0.3 is 12.1 Å². The maximum atomic E-state index is 12.5. The Morgan fingerprint density at radius 3 is 2.48 bits per heavy atom. The molecule has 2 aliphatic rings. The van der Waals surface area contributed by atoms with Crippen LogP contribution in [0, 0.1) is 5.92 Å². The average Bonchev–Trinajstić information content (AvgIpc) is 3.34. The van der Waals surface area contributed by atoms with Gasteiger partial charge in [0.1, 0.15) is 6.54 Å². The van der Waals surface area contributed by atoms with Crippen molar-refractivity contribution in [2.45, 2.75) is 37.6 Å². The van der Waals surface area contributed by atoms with E-state index >= 15 is 0 Å². The summed E-state index contributed by atoms with van der Waals surface area (Å²) in [5.41, 5.74) is 0.459. The van der Waals surface area contributed by atoms with Crippen LogP contribution >= 0.6 is 0 Å². The molecule has 2 fully saturated rings. The maximum Gasteiger partial charge on any atom is 0.406 e. The Morgan fingerprint density at radius 1 is 1.22 bits per heavy atom. The van der Waals surface area contributed by atoms with Crippen molar-refractivity contribution in [2.75, 3.05) is 13.1 Å². The van der Waals surface area contributed by atoms with Crippen LogP contribution in [-0.4, -0.2) is 48.0 Å². The van der Waals surface area contributed by atoms with E-state index in [2.05, 4.69) is 5.32 Å². The first-order valence-electron chi connectivity index (χ1n) is 8.63. The van der Waals surface area contributed by atoms with Gasteiger partial charge in [-0.1, -0.05) is 30.3 Å². The normalized spacial score (nSPS) is 21.1. The molecule has 6 nitrogen and oxygen atoms in total. The molecule has 27 heavy (non-hydrogen) atoms. The van der Waals surface area contributed by atoms with Gasteiger partial charge in [0.05, 0.1) is 5.92 Å². The van der Waals surface area contributed by atoms with Crippen LogP contribution in [0.4, 0.5) is 13.2 Å². The minimum absolute atomic E-state index is 0.0535. The molecule has 0 aromatic heterocycles. The smallest absolute Gasteiger partial charge is 0.406 e. The van der Waals surface area contributed by atoms with Gasteiger partial charge in [0.2, 0.25) is 12.0 Å². The fourth-order valence-electron chi connectivity index (χ4n) is 2.92. The number of rotatable bonds is 6. The molecule has 1 aliphatic heterocycles. The number of nitrogens with one attached hydrogen (secondary N) is 1. The third-order valence-electron chi connectivity index (χ3n) is 4.42. The second-order valence-corrected chi connectivity index (χ2v) is 6.80. The number of likely N-dealkylation sites (tertiary alicyclic amines) is 1. The summed E-state index contributed by atoms with van der Waals surface area (Å²) in [7, 11) is 0. The summed E-state index contributed by atoms with van der Waals surface area (Å²) in [5.74, 6) is -3.12. The largest absolute Gasteiger partial charge is 0.447 e. The summed E-state index contributed by atoms with van der Waals surface area (Å²) in [6.07, 6.45) is -4.40. The lowest BCUT2D eigenvalue weighted by molar-refractivity contribution is -0.161. The van der Waals surface area contributed by atoms with Gasteiger partial charge in [0, 0.05) is 24.6 Å². The highest BCUT2D eigenvalue weighted by Crippen LogP contribution is 2.28. The zero-order valence-electron chi connectivity index (χ0n) is 14.4. The molecular formula is C18H19F3N2O4. The number of hydrogen-bond donors (Lipinski definition) is 1. The van der Waals surface area contributed by atoms with E-state index in [9.17, 15) is 27.6 Å². The van der Waals surface area contributed by atoms with Gasteiger partial charge in [-0.3, -0.25) is 14.4 Å². The summed E-state index contributed by atoms with van der Waals surface area (Å²) >= 11 is 0.